The Kier molecular flexibility index (Phi) is 1.23. The Bertz CT molecular complexity index is 238. The van der Waals surface area contributed by atoms with Crippen molar-refractivity contribution in [2.24, 2.45) is 0 Å². The van der Waals surface area contributed by atoms with Crippen molar-refractivity contribution in [3.63, 3.8) is 0 Å². The SMILES string of the molecule is Cc1cnccc1C1CC1. The first-order valence-electron chi connectivity index (χ1n) is 3.78. The molecule has 1 saturated carbocycles. The Morgan fingerprint density at radius 3 is 2.90 bits per heavy atom. The molecule has 52 valence electrons. The highest BCUT2D eigenvalue weighted by molar-refractivity contribution is 5.28. The lowest BCUT2D eigenvalue weighted by molar-refractivity contribution is 1.07. The van der Waals surface area contributed by atoms with Gasteiger partial charge in [0.2, 0.25) is 0 Å². The number of nitrogens with zero attached hydrogens (tertiary/aromatic N) is 1. The molecular formula is C9H11N. The summed E-state index contributed by atoms with van der Waals surface area (Å²) in [5.41, 5.74) is 2.86. The van der Waals surface area contributed by atoms with Gasteiger partial charge >= 0.3 is 0 Å². The first-order chi connectivity index (χ1) is 4.88. The number of aryl methyl sites for hydroxylation is 1. The zero-order chi connectivity index (χ0) is 6.97. The minimum atomic E-state index is 0.864. The average Bonchev–Trinajstić information content (AvgIpc) is 2.71. The molecule has 1 aromatic heterocycles. The number of rotatable bonds is 1. The maximum atomic E-state index is 4.06. The number of pyridine rings is 1. The molecule has 0 saturated heterocycles. The van der Waals surface area contributed by atoms with E-state index in [2.05, 4.69) is 18.0 Å². The molecule has 0 atom stereocenters. The summed E-state index contributed by atoms with van der Waals surface area (Å²) in [5.74, 6) is 0.864. The van der Waals surface area contributed by atoms with E-state index in [1.54, 1.807) is 0 Å². The van der Waals surface area contributed by atoms with Crippen molar-refractivity contribution in [3.8, 4) is 0 Å². The van der Waals surface area contributed by atoms with Crippen molar-refractivity contribution in [1.82, 2.24) is 4.98 Å². The largest absolute Gasteiger partial charge is 0.264 e. The van der Waals surface area contributed by atoms with Gasteiger partial charge in [-0.2, -0.15) is 0 Å². The monoisotopic (exact) mass is 133 g/mol. The van der Waals surface area contributed by atoms with E-state index in [0.717, 1.165) is 5.92 Å². The standard InChI is InChI=1S/C9H11N/c1-7-6-10-5-4-9(7)8-2-3-8/h4-6,8H,2-3H2,1H3. The summed E-state index contributed by atoms with van der Waals surface area (Å²) >= 11 is 0. The molecule has 1 aliphatic carbocycles. The molecule has 0 spiro atoms. The minimum absolute atomic E-state index is 0.864. The molecule has 1 heteroatoms. The van der Waals surface area contributed by atoms with Gasteiger partial charge in [0, 0.05) is 12.4 Å². The Balaban J connectivity index is 2.39. The molecular weight excluding hydrogens is 122 g/mol. The molecule has 0 aliphatic heterocycles. The van der Waals surface area contributed by atoms with Crippen LogP contribution in [0.3, 0.4) is 0 Å². The Morgan fingerprint density at radius 2 is 2.30 bits per heavy atom. The summed E-state index contributed by atoms with van der Waals surface area (Å²) in [7, 11) is 0. The highest BCUT2D eigenvalue weighted by Crippen LogP contribution is 2.40. The second kappa shape index (κ2) is 2.08. The third-order valence-electron chi connectivity index (χ3n) is 2.08. The van der Waals surface area contributed by atoms with Gasteiger partial charge in [-0.3, -0.25) is 4.98 Å². The normalized spacial score (nSPS) is 17.3. The summed E-state index contributed by atoms with van der Waals surface area (Å²) in [4.78, 5) is 4.06. The summed E-state index contributed by atoms with van der Waals surface area (Å²) in [6.07, 6.45) is 6.60. The van der Waals surface area contributed by atoms with Crippen LogP contribution in [0.4, 0.5) is 0 Å². The summed E-state index contributed by atoms with van der Waals surface area (Å²) in [5, 5.41) is 0. The zero-order valence-corrected chi connectivity index (χ0v) is 6.17. The first-order valence-corrected chi connectivity index (χ1v) is 3.78. The van der Waals surface area contributed by atoms with Crippen LogP contribution < -0.4 is 0 Å². The van der Waals surface area contributed by atoms with E-state index in [9.17, 15) is 0 Å². The fourth-order valence-electron chi connectivity index (χ4n) is 1.34. The highest BCUT2D eigenvalue weighted by atomic mass is 14.6. The lowest BCUT2D eigenvalue weighted by Gasteiger charge is -1.99. The molecule has 0 N–H and O–H groups in total. The topological polar surface area (TPSA) is 12.9 Å². The van der Waals surface area contributed by atoms with Crippen molar-refractivity contribution in [3.05, 3.63) is 29.6 Å². The summed E-state index contributed by atoms with van der Waals surface area (Å²) in [6, 6.07) is 2.15. The van der Waals surface area contributed by atoms with Crippen LogP contribution in [-0.2, 0) is 0 Å². The third kappa shape index (κ3) is 0.919. The average molecular weight is 133 g/mol. The van der Waals surface area contributed by atoms with E-state index in [1.165, 1.54) is 24.0 Å². The fourth-order valence-corrected chi connectivity index (χ4v) is 1.34. The molecule has 0 unspecified atom stereocenters. The van der Waals surface area contributed by atoms with Crippen molar-refractivity contribution in [1.29, 1.82) is 0 Å². The van der Waals surface area contributed by atoms with Crippen molar-refractivity contribution in [2.45, 2.75) is 25.7 Å². The van der Waals surface area contributed by atoms with Gasteiger partial charge in [0.25, 0.3) is 0 Å². The summed E-state index contributed by atoms with van der Waals surface area (Å²) in [6.45, 7) is 2.14. The van der Waals surface area contributed by atoms with Gasteiger partial charge in [-0.15, -0.1) is 0 Å². The van der Waals surface area contributed by atoms with E-state index in [0.29, 0.717) is 0 Å². The van der Waals surface area contributed by atoms with Gasteiger partial charge in [-0.05, 0) is 42.9 Å². The van der Waals surface area contributed by atoms with E-state index < -0.39 is 0 Å². The molecule has 1 aromatic rings. The van der Waals surface area contributed by atoms with Crippen molar-refractivity contribution in [2.75, 3.05) is 0 Å². The van der Waals surface area contributed by atoms with Gasteiger partial charge in [-0.25, -0.2) is 0 Å². The van der Waals surface area contributed by atoms with E-state index in [-0.39, 0.29) is 0 Å². The Hall–Kier alpha value is -0.850. The number of hydrogen-bond acceptors (Lipinski definition) is 1. The van der Waals surface area contributed by atoms with Gasteiger partial charge in [-0.1, -0.05) is 0 Å². The second-order valence-corrected chi connectivity index (χ2v) is 3.01. The Labute approximate surface area is 61.1 Å². The van der Waals surface area contributed by atoms with E-state index in [4.69, 9.17) is 0 Å². The van der Waals surface area contributed by atoms with Crippen LogP contribution in [0.1, 0.15) is 29.9 Å². The van der Waals surface area contributed by atoms with Crippen LogP contribution in [0, 0.1) is 6.92 Å². The van der Waals surface area contributed by atoms with Crippen LogP contribution in [0.5, 0.6) is 0 Å². The molecule has 1 aliphatic rings. The molecule has 1 nitrogen and oxygen atoms in total. The van der Waals surface area contributed by atoms with Crippen LogP contribution >= 0.6 is 0 Å². The molecule has 1 heterocycles. The third-order valence-corrected chi connectivity index (χ3v) is 2.08. The quantitative estimate of drug-likeness (QED) is 0.572. The van der Waals surface area contributed by atoms with Gasteiger partial charge in [0.1, 0.15) is 0 Å². The van der Waals surface area contributed by atoms with Crippen LogP contribution in [0.15, 0.2) is 18.5 Å². The van der Waals surface area contributed by atoms with Crippen molar-refractivity contribution >= 4 is 0 Å². The molecule has 0 bridgehead atoms. The molecule has 10 heavy (non-hydrogen) atoms. The number of aromatic nitrogens is 1. The lowest BCUT2D eigenvalue weighted by atomic mass is 10.1. The highest BCUT2D eigenvalue weighted by Gasteiger charge is 2.24. The molecule has 0 aromatic carbocycles. The summed E-state index contributed by atoms with van der Waals surface area (Å²) < 4.78 is 0. The predicted molar refractivity (Wildman–Crippen MR) is 40.9 cm³/mol. The van der Waals surface area contributed by atoms with Crippen LogP contribution in [-0.4, -0.2) is 4.98 Å². The van der Waals surface area contributed by atoms with Crippen LogP contribution in [0.2, 0.25) is 0 Å². The zero-order valence-electron chi connectivity index (χ0n) is 6.17. The second-order valence-electron chi connectivity index (χ2n) is 3.01. The maximum absolute atomic E-state index is 4.06. The molecule has 2 rings (SSSR count). The van der Waals surface area contributed by atoms with Gasteiger partial charge in [0.15, 0.2) is 0 Å². The minimum Gasteiger partial charge on any atom is -0.264 e. The van der Waals surface area contributed by atoms with Gasteiger partial charge < -0.3 is 0 Å². The van der Waals surface area contributed by atoms with E-state index in [1.807, 2.05) is 12.4 Å². The Morgan fingerprint density at radius 1 is 1.50 bits per heavy atom. The molecule has 0 radical (unpaired) electrons. The smallest absolute Gasteiger partial charge is 0.0299 e. The van der Waals surface area contributed by atoms with Crippen molar-refractivity contribution < 1.29 is 0 Å². The van der Waals surface area contributed by atoms with Crippen LogP contribution in [0.25, 0.3) is 0 Å². The van der Waals surface area contributed by atoms with Gasteiger partial charge in [0.05, 0.1) is 0 Å². The maximum Gasteiger partial charge on any atom is 0.0299 e. The predicted octanol–water partition coefficient (Wildman–Crippen LogP) is 2.27. The lowest BCUT2D eigenvalue weighted by Crippen LogP contribution is -1.85. The molecule has 0 amide bonds. The number of hydrogen-bond donors (Lipinski definition) is 0. The first kappa shape index (κ1) is 5.90. The fraction of sp³-hybridized carbons (Fsp3) is 0.444. The molecule has 1 fully saturated rings. The van der Waals surface area contributed by atoms with E-state index >= 15 is 0 Å².